The third kappa shape index (κ3) is 4.55. The molecule has 1 unspecified atom stereocenters. The fourth-order valence-corrected chi connectivity index (χ4v) is 2.70. The molecule has 1 aliphatic carbocycles. The molecule has 1 saturated carbocycles. The molecule has 1 aliphatic rings. The minimum atomic E-state index is -0.813. The Hall–Kier alpha value is -2.37. The van der Waals surface area contributed by atoms with E-state index in [1.807, 2.05) is 0 Å². The number of rotatable bonds is 6. The Morgan fingerprint density at radius 2 is 2.04 bits per heavy atom. The van der Waals surface area contributed by atoms with Crippen LogP contribution in [0.15, 0.2) is 24.3 Å². The van der Waals surface area contributed by atoms with Gasteiger partial charge in [0.15, 0.2) is 11.9 Å². The lowest BCUT2D eigenvalue weighted by atomic mass is 10.1. The van der Waals surface area contributed by atoms with E-state index in [9.17, 15) is 14.4 Å². The van der Waals surface area contributed by atoms with Gasteiger partial charge in [-0.15, -0.1) is 0 Å². The topological polar surface area (TPSA) is 92.7 Å². The average Bonchev–Trinajstić information content (AvgIpc) is 2.96. The standard InChI is InChI=1S/C17H21NO5/c1-10(19)12-4-3-5-15(9-12)23-11(2)16(20)18-14-7-6-13(8-14)17(21)22/h3-5,9,11,13-14H,6-8H2,1-2H3,(H,18,20)(H,21,22)/t11?,13-,14+/m1/s1. The lowest BCUT2D eigenvalue weighted by molar-refractivity contribution is -0.141. The van der Waals surface area contributed by atoms with Crippen molar-refractivity contribution in [1.29, 1.82) is 0 Å². The summed E-state index contributed by atoms with van der Waals surface area (Å²) in [5.41, 5.74) is 0.523. The molecule has 6 heteroatoms. The van der Waals surface area contributed by atoms with E-state index in [4.69, 9.17) is 9.84 Å². The normalized spacial score (nSPS) is 21.5. The molecular weight excluding hydrogens is 298 g/mol. The van der Waals surface area contributed by atoms with Gasteiger partial charge in [-0.25, -0.2) is 0 Å². The smallest absolute Gasteiger partial charge is 0.306 e. The van der Waals surface area contributed by atoms with Gasteiger partial charge in [0, 0.05) is 11.6 Å². The summed E-state index contributed by atoms with van der Waals surface area (Å²) in [5, 5.41) is 11.8. The van der Waals surface area contributed by atoms with Crippen molar-refractivity contribution in [3.63, 3.8) is 0 Å². The van der Waals surface area contributed by atoms with Crippen LogP contribution in [0.4, 0.5) is 0 Å². The third-order valence-corrected chi connectivity index (χ3v) is 4.05. The van der Waals surface area contributed by atoms with E-state index in [1.54, 1.807) is 31.2 Å². The summed E-state index contributed by atoms with van der Waals surface area (Å²) in [6, 6.07) is 6.54. The molecule has 0 bridgehead atoms. The number of ether oxygens (including phenoxy) is 1. The average molecular weight is 319 g/mol. The first-order valence-electron chi connectivity index (χ1n) is 7.67. The predicted octanol–water partition coefficient (Wildman–Crippen LogP) is 2.03. The summed E-state index contributed by atoms with van der Waals surface area (Å²) in [6.45, 7) is 3.09. The maximum atomic E-state index is 12.1. The molecule has 0 radical (unpaired) electrons. The van der Waals surface area contributed by atoms with Gasteiger partial charge < -0.3 is 15.2 Å². The Labute approximate surface area is 134 Å². The van der Waals surface area contributed by atoms with Gasteiger partial charge in [-0.2, -0.15) is 0 Å². The van der Waals surface area contributed by atoms with Crippen molar-refractivity contribution in [3.05, 3.63) is 29.8 Å². The highest BCUT2D eigenvalue weighted by Gasteiger charge is 2.31. The van der Waals surface area contributed by atoms with Crippen LogP contribution in [-0.2, 0) is 9.59 Å². The Morgan fingerprint density at radius 3 is 2.65 bits per heavy atom. The van der Waals surface area contributed by atoms with Gasteiger partial charge in [-0.3, -0.25) is 14.4 Å². The van der Waals surface area contributed by atoms with Crippen LogP contribution < -0.4 is 10.1 Å². The molecule has 1 fully saturated rings. The molecule has 0 aliphatic heterocycles. The number of carboxylic acids is 1. The van der Waals surface area contributed by atoms with Crippen LogP contribution in [0.2, 0.25) is 0 Å². The van der Waals surface area contributed by atoms with E-state index in [-0.39, 0.29) is 23.7 Å². The highest BCUT2D eigenvalue weighted by atomic mass is 16.5. The highest BCUT2D eigenvalue weighted by molar-refractivity contribution is 5.94. The third-order valence-electron chi connectivity index (χ3n) is 4.05. The zero-order chi connectivity index (χ0) is 17.0. The molecule has 1 aromatic rings. The fourth-order valence-electron chi connectivity index (χ4n) is 2.70. The number of amides is 1. The van der Waals surface area contributed by atoms with Crippen LogP contribution in [-0.4, -0.2) is 34.9 Å². The maximum Gasteiger partial charge on any atom is 0.306 e. The molecule has 6 nitrogen and oxygen atoms in total. The Morgan fingerprint density at radius 1 is 1.30 bits per heavy atom. The predicted molar refractivity (Wildman–Crippen MR) is 83.4 cm³/mol. The molecule has 23 heavy (non-hydrogen) atoms. The van der Waals surface area contributed by atoms with Gasteiger partial charge in [0.2, 0.25) is 0 Å². The number of carbonyl (C=O) groups excluding carboxylic acids is 2. The first-order valence-corrected chi connectivity index (χ1v) is 7.67. The second-order valence-electron chi connectivity index (χ2n) is 5.90. The van der Waals surface area contributed by atoms with Gasteiger partial charge in [-0.1, -0.05) is 12.1 Å². The van der Waals surface area contributed by atoms with Crippen LogP contribution in [0.5, 0.6) is 5.75 Å². The van der Waals surface area contributed by atoms with E-state index in [1.165, 1.54) is 6.92 Å². The van der Waals surface area contributed by atoms with Crippen LogP contribution in [0.1, 0.15) is 43.5 Å². The highest BCUT2D eigenvalue weighted by Crippen LogP contribution is 2.25. The van der Waals surface area contributed by atoms with Crippen LogP contribution in [0.3, 0.4) is 0 Å². The summed E-state index contributed by atoms with van der Waals surface area (Å²) in [4.78, 5) is 34.4. The van der Waals surface area contributed by atoms with Gasteiger partial charge in [-0.05, 0) is 45.2 Å². The van der Waals surface area contributed by atoms with Gasteiger partial charge in [0.25, 0.3) is 5.91 Å². The second kappa shape index (κ2) is 7.26. The number of aliphatic carboxylic acids is 1. The monoisotopic (exact) mass is 319 g/mol. The maximum absolute atomic E-state index is 12.1. The number of Topliss-reactive ketones (excluding diaryl/α,β-unsaturated/α-hetero) is 1. The molecule has 1 amide bonds. The molecule has 0 heterocycles. The summed E-state index contributed by atoms with van der Waals surface area (Å²) in [7, 11) is 0. The largest absolute Gasteiger partial charge is 0.481 e. The first-order chi connectivity index (χ1) is 10.9. The van der Waals surface area contributed by atoms with Crippen molar-refractivity contribution >= 4 is 17.7 Å². The molecule has 2 rings (SSSR count). The number of carboxylic acid groups (broad SMARTS) is 1. The van der Waals surface area contributed by atoms with Crippen molar-refractivity contribution < 1.29 is 24.2 Å². The second-order valence-corrected chi connectivity index (χ2v) is 5.90. The van der Waals surface area contributed by atoms with Crippen LogP contribution in [0.25, 0.3) is 0 Å². The number of hydrogen-bond donors (Lipinski definition) is 2. The quantitative estimate of drug-likeness (QED) is 0.783. The van der Waals surface area contributed by atoms with Gasteiger partial charge in [0.05, 0.1) is 5.92 Å². The van der Waals surface area contributed by atoms with Crippen molar-refractivity contribution in [2.45, 2.75) is 45.3 Å². The molecular formula is C17H21NO5. The molecule has 1 aromatic carbocycles. The minimum Gasteiger partial charge on any atom is -0.481 e. The zero-order valence-corrected chi connectivity index (χ0v) is 13.2. The van der Waals surface area contributed by atoms with E-state index in [0.717, 1.165) is 0 Å². The van der Waals surface area contributed by atoms with E-state index in [2.05, 4.69) is 5.32 Å². The number of ketones is 1. The minimum absolute atomic E-state index is 0.0711. The van der Waals surface area contributed by atoms with Crippen LogP contribution >= 0.6 is 0 Å². The van der Waals surface area contributed by atoms with Crippen LogP contribution in [0, 0.1) is 5.92 Å². The zero-order valence-electron chi connectivity index (χ0n) is 13.2. The molecule has 0 saturated heterocycles. The summed E-state index contributed by atoms with van der Waals surface area (Å²) >= 11 is 0. The fraction of sp³-hybridized carbons (Fsp3) is 0.471. The van der Waals surface area contributed by atoms with Crippen molar-refractivity contribution in [2.75, 3.05) is 0 Å². The number of hydrogen-bond acceptors (Lipinski definition) is 4. The SMILES string of the molecule is CC(=O)c1cccc(OC(C)C(=O)N[C@H]2CC[C@@H](C(=O)O)C2)c1. The van der Waals surface area contributed by atoms with Crippen molar-refractivity contribution in [1.82, 2.24) is 5.32 Å². The first kappa shape index (κ1) is 17.0. The van der Waals surface area contributed by atoms with E-state index >= 15 is 0 Å². The molecule has 3 atom stereocenters. The lowest BCUT2D eigenvalue weighted by Gasteiger charge is -2.18. The lowest BCUT2D eigenvalue weighted by Crippen LogP contribution is -2.41. The number of nitrogens with one attached hydrogen (secondary N) is 1. The van der Waals surface area contributed by atoms with E-state index < -0.39 is 12.1 Å². The summed E-state index contributed by atoms with van der Waals surface area (Å²) in [5.74, 6) is -1.10. The summed E-state index contributed by atoms with van der Waals surface area (Å²) < 4.78 is 5.57. The Balaban J connectivity index is 1.89. The number of carbonyl (C=O) groups is 3. The molecule has 0 aromatic heterocycles. The molecule has 2 N–H and O–H groups in total. The molecule has 0 spiro atoms. The Kier molecular flexibility index (Phi) is 5.36. The Bertz CT molecular complexity index is 613. The summed E-state index contributed by atoms with van der Waals surface area (Å²) in [6.07, 6.45) is 0.972. The van der Waals surface area contributed by atoms with E-state index in [0.29, 0.717) is 30.6 Å². The van der Waals surface area contributed by atoms with Gasteiger partial charge >= 0.3 is 5.97 Å². The molecule has 124 valence electrons. The van der Waals surface area contributed by atoms with Crippen molar-refractivity contribution in [2.24, 2.45) is 5.92 Å². The number of benzene rings is 1. The van der Waals surface area contributed by atoms with Crippen molar-refractivity contribution in [3.8, 4) is 5.75 Å². The van der Waals surface area contributed by atoms with Gasteiger partial charge in [0.1, 0.15) is 5.75 Å².